The van der Waals surface area contributed by atoms with Crippen molar-refractivity contribution in [1.82, 2.24) is 10.3 Å². The van der Waals surface area contributed by atoms with Gasteiger partial charge in [-0.25, -0.2) is 4.98 Å². The Morgan fingerprint density at radius 2 is 2.10 bits per heavy atom. The van der Waals surface area contributed by atoms with Gasteiger partial charge in [0.25, 0.3) is 0 Å². The Hall–Kier alpha value is -0.610. The first-order valence-corrected chi connectivity index (χ1v) is 8.60. The van der Waals surface area contributed by atoms with Crippen LogP contribution in [-0.4, -0.2) is 23.6 Å². The monoisotopic (exact) mass is 353 g/mol. The minimum Gasteiger partial charge on any atom is -0.356 e. The van der Waals surface area contributed by atoms with Crippen molar-refractivity contribution in [3.8, 4) is 0 Å². The second-order valence-electron chi connectivity index (χ2n) is 7.93. The SMILES string of the molecule is CC1(C)CCCN(c2ncc(Br)cc2CNC(C)(C)C)C1. The maximum atomic E-state index is 4.71. The summed E-state index contributed by atoms with van der Waals surface area (Å²) in [7, 11) is 0. The van der Waals surface area contributed by atoms with E-state index in [2.05, 4.69) is 66.8 Å². The average Bonchev–Trinajstić information content (AvgIpc) is 2.34. The fourth-order valence-corrected chi connectivity index (χ4v) is 3.23. The fraction of sp³-hybridized carbons (Fsp3) is 0.706. The van der Waals surface area contributed by atoms with Crippen molar-refractivity contribution in [2.45, 2.75) is 59.5 Å². The van der Waals surface area contributed by atoms with Crippen LogP contribution in [0.4, 0.5) is 5.82 Å². The Labute approximate surface area is 137 Å². The van der Waals surface area contributed by atoms with E-state index in [9.17, 15) is 0 Å². The number of hydrogen-bond donors (Lipinski definition) is 1. The smallest absolute Gasteiger partial charge is 0.133 e. The molecular formula is C17H28BrN3. The summed E-state index contributed by atoms with van der Waals surface area (Å²) < 4.78 is 1.05. The third-order valence-corrected chi connectivity index (χ3v) is 4.35. The number of aromatic nitrogens is 1. The molecule has 2 rings (SSSR count). The molecule has 1 aromatic heterocycles. The summed E-state index contributed by atoms with van der Waals surface area (Å²) in [5.74, 6) is 1.14. The molecule has 0 atom stereocenters. The predicted octanol–water partition coefficient (Wildman–Crippen LogP) is 4.36. The molecule has 21 heavy (non-hydrogen) atoms. The molecule has 0 saturated carbocycles. The number of piperidine rings is 1. The molecule has 1 aromatic rings. The summed E-state index contributed by atoms with van der Waals surface area (Å²) in [4.78, 5) is 7.16. The van der Waals surface area contributed by atoms with E-state index in [0.29, 0.717) is 5.41 Å². The van der Waals surface area contributed by atoms with E-state index in [1.165, 1.54) is 18.4 Å². The van der Waals surface area contributed by atoms with E-state index in [-0.39, 0.29) is 5.54 Å². The van der Waals surface area contributed by atoms with E-state index in [0.717, 1.165) is 29.9 Å². The van der Waals surface area contributed by atoms with Crippen LogP contribution in [-0.2, 0) is 6.54 Å². The minimum atomic E-state index is 0.112. The lowest BCUT2D eigenvalue weighted by Gasteiger charge is -2.39. The highest BCUT2D eigenvalue weighted by atomic mass is 79.9. The van der Waals surface area contributed by atoms with Gasteiger partial charge in [-0.3, -0.25) is 0 Å². The van der Waals surface area contributed by atoms with Crippen molar-refractivity contribution in [2.24, 2.45) is 5.41 Å². The van der Waals surface area contributed by atoms with Gasteiger partial charge in [-0.15, -0.1) is 0 Å². The van der Waals surface area contributed by atoms with E-state index < -0.39 is 0 Å². The van der Waals surface area contributed by atoms with Crippen LogP contribution in [0.3, 0.4) is 0 Å². The van der Waals surface area contributed by atoms with Crippen LogP contribution in [0.5, 0.6) is 0 Å². The summed E-state index contributed by atoms with van der Waals surface area (Å²) in [6.45, 7) is 14.3. The van der Waals surface area contributed by atoms with Crippen LogP contribution in [0.1, 0.15) is 53.0 Å². The Bertz CT molecular complexity index is 491. The van der Waals surface area contributed by atoms with Gasteiger partial charge in [-0.2, -0.15) is 0 Å². The molecule has 0 amide bonds. The molecule has 0 unspecified atom stereocenters. The van der Waals surface area contributed by atoms with Crippen LogP contribution in [0.25, 0.3) is 0 Å². The van der Waals surface area contributed by atoms with E-state index in [4.69, 9.17) is 4.98 Å². The zero-order chi connectivity index (χ0) is 15.7. The van der Waals surface area contributed by atoms with Gasteiger partial charge in [0.1, 0.15) is 5.82 Å². The first-order chi connectivity index (χ1) is 9.66. The van der Waals surface area contributed by atoms with Crippen LogP contribution in [0.2, 0.25) is 0 Å². The molecule has 118 valence electrons. The lowest BCUT2D eigenvalue weighted by molar-refractivity contribution is 0.291. The van der Waals surface area contributed by atoms with Gasteiger partial charge >= 0.3 is 0 Å². The maximum Gasteiger partial charge on any atom is 0.133 e. The second kappa shape index (κ2) is 6.25. The highest BCUT2D eigenvalue weighted by Crippen LogP contribution is 2.32. The molecule has 1 aliphatic heterocycles. The molecule has 3 nitrogen and oxygen atoms in total. The fourth-order valence-electron chi connectivity index (χ4n) is 2.85. The predicted molar refractivity (Wildman–Crippen MR) is 93.8 cm³/mol. The summed E-state index contributed by atoms with van der Waals surface area (Å²) in [6, 6.07) is 2.20. The normalized spacial score (nSPS) is 18.9. The summed E-state index contributed by atoms with van der Waals surface area (Å²) >= 11 is 3.55. The van der Waals surface area contributed by atoms with Crippen molar-refractivity contribution in [1.29, 1.82) is 0 Å². The van der Waals surface area contributed by atoms with E-state index >= 15 is 0 Å². The zero-order valence-corrected chi connectivity index (χ0v) is 15.5. The molecule has 0 radical (unpaired) electrons. The number of rotatable bonds is 3. The highest BCUT2D eigenvalue weighted by Gasteiger charge is 2.28. The Morgan fingerprint density at radius 1 is 1.38 bits per heavy atom. The largest absolute Gasteiger partial charge is 0.356 e. The molecule has 0 spiro atoms. The van der Waals surface area contributed by atoms with Crippen LogP contribution in [0.15, 0.2) is 16.7 Å². The Kier molecular flexibility index (Phi) is 4.99. The van der Waals surface area contributed by atoms with Gasteiger partial charge in [0, 0.05) is 41.4 Å². The second-order valence-corrected chi connectivity index (χ2v) is 8.84. The summed E-state index contributed by atoms with van der Waals surface area (Å²) in [5.41, 5.74) is 1.76. The van der Waals surface area contributed by atoms with Gasteiger partial charge in [-0.05, 0) is 61.0 Å². The number of halogens is 1. The van der Waals surface area contributed by atoms with Gasteiger partial charge in [-0.1, -0.05) is 13.8 Å². The van der Waals surface area contributed by atoms with Crippen LogP contribution < -0.4 is 10.2 Å². The van der Waals surface area contributed by atoms with Crippen LogP contribution in [0, 0.1) is 5.41 Å². The first-order valence-electron chi connectivity index (χ1n) is 7.81. The van der Waals surface area contributed by atoms with Crippen molar-refractivity contribution in [3.63, 3.8) is 0 Å². The van der Waals surface area contributed by atoms with Crippen molar-refractivity contribution in [2.75, 3.05) is 18.0 Å². The number of anilines is 1. The summed E-state index contributed by atoms with van der Waals surface area (Å²) in [5, 5.41) is 3.58. The minimum absolute atomic E-state index is 0.112. The van der Waals surface area contributed by atoms with Gasteiger partial charge in [0.05, 0.1) is 0 Å². The van der Waals surface area contributed by atoms with Crippen molar-refractivity contribution >= 4 is 21.7 Å². The number of hydrogen-bond acceptors (Lipinski definition) is 3. The van der Waals surface area contributed by atoms with Crippen molar-refractivity contribution in [3.05, 3.63) is 22.3 Å². The standard InChI is InChI=1S/C17H28BrN3/c1-16(2,3)20-10-13-9-14(18)11-19-15(13)21-8-6-7-17(4,5)12-21/h9,11,20H,6-8,10,12H2,1-5H3. The molecule has 2 heterocycles. The van der Waals surface area contributed by atoms with E-state index in [1.807, 2.05) is 6.20 Å². The lowest BCUT2D eigenvalue weighted by atomic mass is 9.84. The zero-order valence-electron chi connectivity index (χ0n) is 14.0. The molecule has 0 aromatic carbocycles. The van der Waals surface area contributed by atoms with Gasteiger partial charge in [0.2, 0.25) is 0 Å². The highest BCUT2D eigenvalue weighted by molar-refractivity contribution is 9.10. The lowest BCUT2D eigenvalue weighted by Crippen LogP contribution is -2.41. The Morgan fingerprint density at radius 3 is 2.71 bits per heavy atom. The van der Waals surface area contributed by atoms with Crippen molar-refractivity contribution < 1.29 is 0 Å². The molecule has 0 aliphatic carbocycles. The number of nitrogens with zero attached hydrogens (tertiary/aromatic N) is 2. The van der Waals surface area contributed by atoms with E-state index in [1.54, 1.807) is 0 Å². The quantitative estimate of drug-likeness (QED) is 0.874. The molecular weight excluding hydrogens is 326 g/mol. The molecule has 4 heteroatoms. The first kappa shape index (κ1) is 16.8. The molecule has 1 N–H and O–H groups in total. The third kappa shape index (κ3) is 4.96. The Balaban J connectivity index is 2.22. The third-order valence-electron chi connectivity index (χ3n) is 3.92. The van der Waals surface area contributed by atoms with Gasteiger partial charge < -0.3 is 10.2 Å². The molecule has 1 aliphatic rings. The number of pyridine rings is 1. The topological polar surface area (TPSA) is 28.2 Å². The number of nitrogens with one attached hydrogen (secondary N) is 1. The van der Waals surface area contributed by atoms with Crippen LogP contribution >= 0.6 is 15.9 Å². The summed E-state index contributed by atoms with van der Waals surface area (Å²) in [6.07, 6.45) is 4.46. The molecule has 1 fully saturated rings. The average molecular weight is 354 g/mol. The molecule has 0 bridgehead atoms. The molecule has 1 saturated heterocycles. The maximum absolute atomic E-state index is 4.71. The van der Waals surface area contributed by atoms with Gasteiger partial charge in [0.15, 0.2) is 0 Å².